The van der Waals surface area contributed by atoms with Crippen molar-refractivity contribution >= 4 is 40.9 Å². The molecule has 2 aromatic rings. The van der Waals surface area contributed by atoms with Crippen molar-refractivity contribution in [3.63, 3.8) is 0 Å². The smallest absolute Gasteiger partial charge is 0.221 e. The summed E-state index contributed by atoms with van der Waals surface area (Å²) < 4.78 is 0. The van der Waals surface area contributed by atoms with Crippen LogP contribution in [0.1, 0.15) is 17.3 Å². The molecule has 0 fully saturated rings. The van der Waals surface area contributed by atoms with Crippen LogP contribution in [0.2, 0.25) is 0 Å². The standard InChI is InChI=1S/C16H16N2O2S2/c1-11(19)18-13-7-6-12(9-15(13)21-2)14(20)10-22-16-5-3-4-8-17-16/h3-9H,10H2,1-2H3,(H,18,19). The molecule has 1 aromatic heterocycles. The van der Waals surface area contributed by atoms with Gasteiger partial charge in [-0.2, -0.15) is 0 Å². The van der Waals surface area contributed by atoms with Gasteiger partial charge < -0.3 is 5.32 Å². The van der Waals surface area contributed by atoms with Crippen LogP contribution < -0.4 is 5.32 Å². The summed E-state index contributed by atoms with van der Waals surface area (Å²) in [6.07, 6.45) is 3.62. The number of nitrogens with zero attached hydrogens (tertiary/aromatic N) is 1. The number of ketones is 1. The van der Waals surface area contributed by atoms with Crippen molar-refractivity contribution < 1.29 is 9.59 Å². The Labute approximate surface area is 138 Å². The summed E-state index contributed by atoms with van der Waals surface area (Å²) in [5, 5.41) is 3.59. The van der Waals surface area contributed by atoms with Crippen molar-refractivity contribution in [1.82, 2.24) is 4.98 Å². The molecule has 0 aliphatic rings. The molecule has 0 unspecified atom stereocenters. The molecule has 1 amide bonds. The minimum absolute atomic E-state index is 0.0420. The third-order valence-corrected chi connectivity index (χ3v) is 4.54. The van der Waals surface area contributed by atoms with E-state index in [0.717, 1.165) is 15.6 Å². The molecule has 6 heteroatoms. The number of hydrogen-bond donors (Lipinski definition) is 1. The molecule has 22 heavy (non-hydrogen) atoms. The highest BCUT2D eigenvalue weighted by Gasteiger charge is 2.11. The molecule has 1 aromatic carbocycles. The van der Waals surface area contributed by atoms with E-state index in [2.05, 4.69) is 10.3 Å². The molecule has 0 aliphatic heterocycles. The first-order valence-corrected chi connectivity index (χ1v) is 8.84. The Balaban J connectivity index is 2.08. The number of benzene rings is 1. The fraction of sp³-hybridized carbons (Fsp3) is 0.188. The molecular formula is C16H16N2O2S2. The second-order valence-corrected chi connectivity index (χ2v) is 6.32. The van der Waals surface area contributed by atoms with Crippen molar-refractivity contribution in [2.75, 3.05) is 17.3 Å². The van der Waals surface area contributed by atoms with Crippen LogP contribution in [0, 0.1) is 0 Å². The van der Waals surface area contributed by atoms with E-state index >= 15 is 0 Å². The van der Waals surface area contributed by atoms with Crippen LogP contribution in [0.25, 0.3) is 0 Å². The van der Waals surface area contributed by atoms with E-state index in [1.54, 1.807) is 18.3 Å². The Morgan fingerprint density at radius 3 is 2.68 bits per heavy atom. The first-order chi connectivity index (χ1) is 10.6. The van der Waals surface area contributed by atoms with Gasteiger partial charge in [0.15, 0.2) is 5.78 Å². The molecular weight excluding hydrogens is 316 g/mol. The summed E-state index contributed by atoms with van der Waals surface area (Å²) in [7, 11) is 0. The molecule has 114 valence electrons. The highest BCUT2D eigenvalue weighted by molar-refractivity contribution is 8.00. The number of carbonyl (C=O) groups is 2. The van der Waals surface area contributed by atoms with Crippen LogP contribution in [-0.4, -0.2) is 28.7 Å². The summed E-state index contributed by atoms with van der Waals surface area (Å²) >= 11 is 2.91. The van der Waals surface area contributed by atoms with Gasteiger partial charge >= 0.3 is 0 Å². The molecule has 0 aliphatic carbocycles. The molecule has 1 heterocycles. The quantitative estimate of drug-likeness (QED) is 0.645. The van der Waals surface area contributed by atoms with Crippen molar-refractivity contribution in [3.8, 4) is 0 Å². The molecule has 0 spiro atoms. The lowest BCUT2D eigenvalue weighted by Gasteiger charge is -2.09. The molecule has 0 saturated heterocycles. The number of hydrogen-bond acceptors (Lipinski definition) is 5. The average molecular weight is 332 g/mol. The van der Waals surface area contributed by atoms with Crippen LogP contribution in [0.4, 0.5) is 5.69 Å². The maximum atomic E-state index is 12.3. The summed E-state index contributed by atoms with van der Waals surface area (Å²) in [6.45, 7) is 1.46. The predicted octanol–water partition coefficient (Wildman–Crippen LogP) is 3.74. The van der Waals surface area contributed by atoms with Crippen molar-refractivity contribution in [1.29, 1.82) is 0 Å². The zero-order valence-corrected chi connectivity index (χ0v) is 14.0. The second kappa shape index (κ2) is 8.00. The Bertz CT molecular complexity index is 675. The number of carbonyl (C=O) groups excluding carboxylic acids is 2. The zero-order chi connectivity index (χ0) is 15.9. The number of aromatic nitrogens is 1. The van der Waals surface area contributed by atoms with Crippen LogP contribution in [0.15, 0.2) is 52.5 Å². The molecule has 1 N–H and O–H groups in total. The lowest BCUT2D eigenvalue weighted by atomic mass is 10.1. The van der Waals surface area contributed by atoms with Crippen LogP contribution in [-0.2, 0) is 4.79 Å². The van der Waals surface area contributed by atoms with Gasteiger partial charge in [0.1, 0.15) is 0 Å². The summed E-state index contributed by atoms with van der Waals surface area (Å²) in [6, 6.07) is 11.0. The molecule has 4 nitrogen and oxygen atoms in total. The maximum Gasteiger partial charge on any atom is 0.221 e. The number of anilines is 1. The monoisotopic (exact) mass is 332 g/mol. The highest BCUT2D eigenvalue weighted by Crippen LogP contribution is 2.27. The maximum absolute atomic E-state index is 12.3. The third-order valence-electron chi connectivity index (χ3n) is 2.82. The first-order valence-electron chi connectivity index (χ1n) is 6.63. The summed E-state index contributed by atoms with van der Waals surface area (Å²) in [5.41, 5.74) is 1.37. The molecule has 0 saturated carbocycles. The topological polar surface area (TPSA) is 59.1 Å². The summed E-state index contributed by atoms with van der Waals surface area (Å²) in [4.78, 5) is 28.5. The van der Waals surface area contributed by atoms with Gasteiger partial charge in [0.2, 0.25) is 5.91 Å². The Morgan fingerprint density at radius 2 is 2.05 bits per heavy atom. The second-order valence-electron chi connectivity index (χ2n) is 4.48. The fourth-order valence-corrected chi connectivity index (χ4v) is 3.15. The minimum atomic E-state index is -0.125. The Morgan fingerprint density at radius 1 is 1.23 bits per heavy atom. The SMILES string of the molecule is CSc1cc(C(=O)CSc2ccccn2)ccc1NC(C)=O. The van der Waals surface area contributed by atoms with Crippen LogP contribution in [0.5, 0.6) is 0 Å². The van der Waals surface area contributed by atoms with Gasteiger partial charge in [-0.25, -0.2) is 4.98 Å². The number of nitrogens with one attached hydrogen (secondary N) is 1. The predicted molar refractivity (Wildman–Crippen MR) is 91.8 cm³/mol. The van der Waals surface area contributed by atoms with Gasteiger partial charge in [-0.15, -0.1) is 11.8 Å². The van der Waals surface area contributed by atoms with Gasteiger partial charge in [-0.05, 0) is 36.6 Å². The lowest BCUT2D eigenvalue weighted by Crippen LogP contribution is -2.08. The number of amides is 1. The van der Waals surface area contributed by atoms with Crippen LogP contribution >= 0.6 is 23.5 Å². The van der Waals surface area contributed by atoms with Crippen molar-refractivity contribution in [2.45, 2.75) is 16.8 Å². The number of thioether (sulfide) groups is 2. The third kappa shape index (κ3) is 4.61. The average Bonchev–Trinajstić information content (AvgIpc) is 2.53. The van der Waals surface area contributed by atoms with Gasteiger partial charge in [0, 0.05) is 23.6 Å². The van der Waals surface area contributed by atoms with E-state index in [1.165, 1.54) is 30.4 Å². The van der Waals surface area contributed by atoms with Gasteiger partial charge in [-0.1, -0.05) is 17.8 Å². The van der Waals surface area contributed by atoms with Crippen LogP contribution in [0.3, 0.4) is 0 Å². The molecule has 2 rings (SSSR count). The van der Waals surface area contributed by atoms with E-state index in [4.69, 9.17) is 0 Å². The van der Waals surface area contributed by atoms with E-state index < -0.39 is 0 Å². The minimum Gasteiger partial charge on any atom is -0.325 e. The van der Waals surface area contributed by atoms with Crippen molar-refractivity contribution in [2.24, 2.45) is 0 Å². The molecule has 0 radical (unpaired) electrons. The van der Waals surface area contributed by atoms with E-state index in [0.29, 0.717) is 11.3 Å². The normalized spacial score (nSPS) is 10.3. The number of Topliss-reactive ketones (excluding diaryl/α,β-unsaturated/α-hetero) is 1. The summed E-state index contributed by atoms with van der Waals surface area (Å²) in [5.74, 6) is 0.255. The van der Waals surface area contributed by atoms with E-state index in [9.17, 15) is 9.59 Å². The van der Waals surface area contributed by atoms with Gasteiger partial charge in [0.25, 0.3) is 0 Å². The lowest BCUT2D eigenvalue weighted by molar-refractivity contribution is -0.114. The number of pyridine rings is 1. The van der Waals surface area contributed by atoms with E-state index in [1.807, 2.05) is 30.5 Å². The molecule has 0 bridgehead atoms. The largest absolute Gasteiger partial charge is 0.325 e. The van der Waals surface area contributed by atoms with Crippen molar-refractivity contribution in [3.05, 3.63) is 48.2 Å². The Kier molecular flexibility index (Phi) is 6.03. The Hall–Kier alpha value is -1.79. The fourth-order valence-electron chi connectivity index (χ4n) is 1.81. The zero-order valence-electron chi connectivity index (χ0n) is 12.3. The number of rotatable bonds is 6. The van der Waals surface area contributed by atoms with E-state index in [-0.39, 0.29) is 11.7 Å². The van der Waals surface area contributed by atoms with Gasteiger partial charge in [-0.3, -0.25) is 9.59 Å². The van der Waals surface area contributed by atoms with Gasteiger partial charge in [0.05, 0.1) is 16.5 Å². The molecule has 0 atom stereocenters. The highest BCUT2D eigenvalue weighted by atomic mass is 32.2. The first kappa shape index (κ1) is 16.6.